The predicted molar refractivity (Wildman–Crippen MR) is 69.3 cm³/mol. The van der Waals surface area contributed by atoms with Crippen molar-refractivity contribution in [1.82, 2.24) is 0 Å². The van der Waals surface area contributed by atoms with Gasteiger partial charge >= 0.3 is 5.97 Å². The molecule has 0 bridgehead atoms. The summed E-state index contributed by atoms with van der Waals surface area (Å²) >= 11 is 2.19. The van der Waals surface area contributed by atoms with Crippen molar-refractivity contribution < 1.29 is 15.1 Å². The number of rotatable bonds is 5. The Kier molecular flexibility index (Phi) is 5.24. The van der Waals surface area contributed by atoms with Crippen LogP contribution in [-0.4, -0.2) is 22.5 Å². The summed E-state index contributed by atoms with van der Waals surface area (Å²) < 4.78 is 1.06. The van der Waals surface area contributed by atoms with Crippen LogP contribution in [0.2, 0.25) is 0 Å². The van der Waals surface area contributed by atoms with E-state index in [-0.39, 0.29) is 0 Å². The molecule has 2 N–H and O–H groups in total. The number of unbranched alkanes of at least 4 members (excludes halogenated alkanes) is 1. The molecule has 0 heterocycles. The van der Waals surface area contributed by atoms with E-state index in [1.165, 1.54) is 6.21 Å². The number of benzene rings is 1. The zero-order chi connectivity index (χ0) is 12.0. The molecule has 0 saturated carbocycles. The molecule has 0 unspecified atom stereocenters. The maximum Gasteiger partial charge on any atom is 0.335 e. The van der Waals surface area contributed by atoms with Crippen LogP contribution in [0.25, 0.3) is 0 Å². The molecule has 0 amide bonds. The third-order valence-corrected chi connectivity index (χ3v) is 3.21. The molecule has 0 aliphatic rings. The highest BCUT2D eigenvalue weighted by molar-refractivity contribution is 14.1. The Labute approximate surface area is 107 Å². The molecular formula is C11H12INO3. The summed E-state index contributed by atoms with van der Waals surface area (Å²) in [5.41, 5.74) is 1.33. The summed E-state index contributed by atoms with van der Waals surface area (Å²) in [6, 6.07) is 5.10. The van der Waals surface area contributed by atoms with Crippen molar-refractivity contribution in [3.05, 3.63) is 32.9 Å². The van der Waals surface area contributed by atoms with Crippen molar-refractivity contribution in [3.63, 3.8) is 0 Å². The Morgan fingerprint density at radius 3 is 2.88 bits per heavy atom. The van der Waals surface area contributed by atoms with Crippen LogP contribution in [0, 0.1) is 3.57 Å². The molecule has 0 atom stereocenters. The van der Waals surface area contributed by atoms with E-state index < -0.39 is 5.97 Å². The normalized spacial score (nSPS) is 10.8. The molecule has 1 aromatic rings. The number of carbonyl (C=O) groups is 1. The fourth-order valence-electron chi connectivity index (χ4n) is 1.34. The average Bonchev–Trinajstić information content (AvgIpc) is 2.26. The smallest absolute Gasteiger partial charge is 0.335 e. The van der Waals surface area contributed by atoms with E-state index in [0.29, 0.717) is 12.0 Å². The number of hydrogen-bond acceptors (Lipinski definition) is 3. The number of nitrogens with zero attached hydrogens (tertiary/aromatic N) is 1. The summed E-state index contributed by atoms with van der Waals surface area (Å²) in [7, 11) is 0. The minimum atomic E-state index is -0.908. The van der Waals surface area contributed by atoms with Crippen LogP contribution in [0.5, 0.6) is 0 Å². The number of carboxylic acids is 1. The van der Waals surface area contributed by atoms with Gasteiger partial charge in [-0.25, -0.2) is 4.79 Å². The maximum absolute atomic E-state index is 10.8. The average molecular weight is 333 g/mol. The number of aryl methyl sites for hydroxylation is 1. The van der Waals surface area contributed by atoms with Crippen LogP contribution in [0.15, 0.2) is 23.4 Å². The molecular weight excluding hydrogens is 321 g/mol. The monoisotopic (exact) mass is 333 g/mol. The first-order valence-electron chi connectivity index (χ1n) is 4.82. The quantitative estimate of drug-likeness (QED) is 0.286. The Morgan fingerprint density at radius 2 is 2.25 bits per heavy atom. The van der Waals surface area contributed by atoms with Crippen LogP contribution < -0.4 is 0 Å². The molecule has 1 aromatic carbocycles. The van der Waals surface area contributed by atoms with E-state index in [1.54, 1.807) is 18.2 Å². The van der Waals surface area contributed by atoms with Crippen molar-refractivity contribution in [2.75, 3.05) is 0 Å². The van der Waals surface area contributed by atoms with Crippen molar-refractivity contribution in [2.24, 2.45) is 5.16 Å². The van der Waals surface area contributed by atoms with Gasteiger partial charge in [-0.1, -0.05) is 0 Å². The zero-order valence-corrected chi connectivity index (χ0v) is 10.7. The first-order valence-corrected chi connectivity index (χ1v) is 5.90. The molecule has 0 radical (unpaired) electrons. The highest BCUT2D eigenvalue weighted by atomic mass is 127. The van der Waals surface area contributed by atoms with E-state index in [0.717, 1.165) is 22.0 Å². The zero-order valence-electron chi connectivity index (χ0n) is 8.56. The van der Waals surface area contributed by atoms with Crippen LogP contribution >= 0.6 is 22.6 Å². The summed E-state index contributed by atoms with van der Waals surface area (Å²) in [4.78, 5) is 10.8. The van der Waals surface area contributed by atoms with Gasteiger partial charge in [-0.05, 0) is 65.6 Å². The topological polar surface area (TPSA) is 69.9 Å². The molecule has 5 heteroatoms. The second kappa shape index (κ2) is 6.47. The lowest BCUT2D eigenvalue weighted by atomic mass is 10.1. The maximum atomic E-state index is 10.8. The fraction of sp³-hybridized carbons (Fsp3) is 0.273. The number of hydrogen-bond donors (Lipinski definition) is 2. The van der Waals surface area contributed by atoms with E-state index >= 15 is 0 Å². The van der Waals surface area contributed by atoms with E-state index in [1.807, 2.05) is 0 Å². The minimum Gasteiger partial charge on any atom is -0.478 e. The Balaban J connectivity index is 2.70. The standard InChI is InChI=1S/C11H12INO3/c12-10-5-4-9(11(14)15)7-8(10)3-1-2-6-13-16/h4-7,16H,1-3H2,(H,14,15). The fourth-order valence-corrected chi connectivity index (χ4v) is 1.95. The van der Waals surface area contributed by atoms with Crippen LogP contribution in [0.3, 0.4) is 0 Å². The third kappa shape index (κ3) is 3.80. The van der Waals surface area contributed by atoms with Gasteiger partial charge in [-0.3, -0.25) is 0 Å². The highest BCUT2D eigenvalue weighted by Gasteiger charge is 2.06. The SMILES string of the molecule is O=C(O)c1ccc(I)c(CCCC=NO)c1. The van der Waals surface area contributed by atoms with Gasteiger partial charge in [0.25, 0.3) is 0 Å². The first-order chi connectivity index (χ1) is 7.65. The second-order valence-electron chi connectivity index (χ2n) is 3.30. The minimum absolute atomic E-state index is 0.311. The summed E-state index contributed by atoms with van der Waals surface area (Å²) in [6.07, 6.45) is 3.74. The van der Waals surface area contributed by atoms with Gasteiger partial charge < -0.3 is 10.3 Å². The molecule has 0 aliphatic heterocycles. The van der Waals surface area contributed by atoms with Crippen LogP contribution in [0.1, 0.15) is 28.8 Å². The number of halogens is 1. The van der Waals surface area contributed by atoms with Gasteiger partial charge in [-0.15, -0.1) is 5.16 Å². The lowest BCUT2D eigenvalue weighted by molar-refractivity contribution is 0.0696. The van der Waals surface area contributed by atoms with Crippen LogP contribution in [0.4, 0.5) is 0 Å². The van der Waals surface area contributed by atoms with Crippen molar-refractivity contribution in [3.8, 4) is 0 Å². The van der Waals surface area contributed by atoms with Crippen molar-refractivity contribution >= 4 is 34.8 Å². The Morgan fingerprint density at radius 1 is 1.50 bits per heavy atom. The first kappa shape index (κ1) is 13.0. The molecule has 86 valence electrons. The molecule has 16 heavy (non-hydrogen) atoms. The van der Waals surface area contributed by atoms with Gasteiger partial charge in [0, 0.05) is 9.78 Å². The van der Waals surface area contributed by atoms with Crippen molar-refractivity contribution in [2.45, 2.75) is 19.3 Å². The van der Waals surface area contributed by atoms with Gasteiger partial charge in [0.15, 0.2) is 0 Å². The lowest BCUT2D eigenvalue weighted by Gasteiger charge is -2.04. The molecule has 0 spiro atoms. The van der Waals surface area contributed by atoms with Crippen molar-refractivity contribution in [1.29, 1.82) is 0 Å². The van der Waals surface area contributed by atoms with Gasteiger partial charge in [-0.2, -0.15) is 0 Å². The Bertz CT molecular complexity index is 404. The largest absolute Gasteiger partial charge is 0.478 e. The third-order valence-electron chi connectivity index (χ3n) is 2.15. The molecule has 0 saturated heterocycles. The predicted octanol–water partition coefficient (Wildman–Crippen LogP) is 2.77. The second-order valence-corrected chi connectivity index (χ2v) is 4.46. The van der Waals surface area contributed by atoms with Gasteiger partial charge in [0.2, 0.25) is 0 Å². The van der Waals surface area contributed by atoms with Gasteiger partial charge in [0.05, 0.1) is 5.56 Å². The molecule has 0 aliphatic carbocycles. The molecule has 0 fully saturated rings. The number of oxime groups is 1. The van der Waals surface area contributed by atoms with E-state index in [4.69, 9.17) is 10.3 Å². The Hall–Kier alpha value is -1.11. The number of aromatic carboxylic acids is 1. The molecule has 1 rings (SSSR count). The molecule has 0 aromatic heterocycles. The van der Waals surface area contributed by atoms with E-state index in [2.05, 4.69) is 27.7 Å². The lowest BCUT2D eigenvalue weighted by Crippen LogP contribution is -1.99. The van der Waals surface area contributed by atoms with E-state index in [9.17, 15) is 4.79 Å². The molecule has 4 nitrogen and oxygen atoms in total. The summed E-state index contributed by atoms with van der Waals surface area (Å²) in [5, 5.41) is 20.0. The number of carboxylic acid groups (broad SMARTS) is 1. The van der Waals surface area contributed by atoms with Crippen LogP contribution in [-0.2, 0) is 6.42 Å². The summed E-state index contributed by atoms with van der Waals surface area (Å²) in [5.74, 6) is -0.908. The van der Waals surface area contributed by atoms with Gasteiger partial charge in [0.1, 0.15) is 0 Å². The summed E-state index contributed by atoms with van der Waals surface area (Å²) in [6.45, 7) is 0. The highest BCUT2D eigenvalue weighted by Crippen LogP contribution is 2.16.